The van der Waals surface area contributed by atoms with E-state index in [1.54, 1.807) is 11.4 Å². The van der Waals surface area contributed by atoms with Crippen LogP contribution in [0.4, 0.5) is 0 Å². The largest absolute Gasteiger partial charge is 0.326 e. The number of nitrogens with one attached hydrogen (secondary N) is 1. The summed E-state index contributed by atoms with van der Waals surface area (Å²) in [5, 5.41) is 4.24. The molecule has 0 aromatic carbocycles. The predicted octanol–water partition coefficient (Wildman–Crippen LogP) is 1.45. The SMILES string of the molecule is Cc1csc(CNS(=O)(=O)c2csc(CN)c2)n1. The normalized spacial score (nSPS) is 11.9. The molecule has 18 heavy (non-hydrogen) atoms. The molecule has 5 nitrogen and oxygen atoms in total. The molecular formula is C10H13N3O2S3. The Morgan fingerprint density at radius 3 is 2.72 bits per heavy atom. The Kier molecular flexibility index (Phi) is 4.13. The van der Waals surface area contributed by atoms with Gasteiger partial charge in [-0.1, -0.05) is 0 Å². The highest BCUT2D eigenvalue weighted by molar-refractivity contribution is 7.89. The van der Waals surface area contributed by atoms with E-state index in [1.807, 2.05) is 12.3 Å². The zero-order valence-corrected chi connectivity index (χ0v) is 12.2. The number of hydrogen-bond acceptors (Lipinski definition) is 6. The van der Waals surface area contributed by atoms with Crippen LogP contribution >= 0.6 is 22.7 Å². The number of sulfonamides is 1. The summed E-state index contributed by atoms with van der Waals surface area (Å²) in [4.78, 5) is 5.32. The standard InChI is InChI=1S/C10H13N3O2S3/c1-7-5-17-10(13-7)4-12-18(14,15)9-2-8(3-11)16-6-9/h2,5-6,12H,3-4,11H2,1H3. The smallest absolute Gasteiger partial charge is 0.241 e. The number of nitrogens with zero attached hydrogens (tertiary/aromatic N) is 1. The fraction of sp³-hybridized carbons (Fsp3) is 0.300. The van der Waals surface area contributed by atoms with E-state index >= 15 is 0 Å². The monoisotopic (exact) mass is 303 g/mol. The maximum atomic E-state index is 12.0. The van der Waals surface area contributed by atoms with Crippen LogP contribution in [0, 0.1) is 6.92 Å². The fourth-order valence-corrected chi connectivity index (χ4v) is 4.28. The second-order valence-electron chi connectivity index (χ2n) is 3.66. The molecule has 0 aliphatic heterocycles. The van der Waals surface area contributed by atoms with Gasteiger partial charge in [-0.2, -0.15) is 0 Å². The topological polar surface area (TPSA) is 85.1 Å². The third-order valence-electron chi connectivity index (χ3n) is 2.22. The van der Waals surface area contributed by atoms with Crippen molar-refractivity contribution in [1.82, 2.24) is 9.71 Å². The van der Waals surface area contributed by atoms with Crippen molar-refractivity contribution in [1.29, 1.82) is 0 Å². The van der Waals surface area contributed by atoms with E-state index in [0.717, 1.165) is 15.6 Å². The summed E-state index contributed by atoms with van der Waals surface area (Å²) in [6, 6.07) is 1.60. The Hall–Kier alpha value is -0.800. The van der Waals surface area contributed by atoms with Gasteiger partial charge in [0, 0.05) is 27.9 Å². The molecule has 2 aromatic rings. The Morgan fingerprint density at radius 2 is 2.17 bits per heavy atom. The quantitative estimate of drug-likeness (QED) is 0.875. The van der Waals surface area contributed by atoms with Gasteiger partial charge in [-0.05, 0) is 13.0 Å². The molecule has 0 bridgehead atoms. The number of nitrogens with two attached hydrogens (primary N) is 1. The van der Waals surface area contributed by atoms with E-state index in [1.165, 1.54) is 22.7 Å². The van der Waals surface area contributed by atoms with Crippen molar-refractivity contribution in [3.05, 3.63) is 32.4 Å². The average Bonchev–Trinajstić information content (AvgIpc) is 2.95. The first-order valence-corrected chi connectivity index (χ1v) is 8.43. The highest BCUT2D eigenvalue weighted by Crippen LogP contribution is 2.19. The van der Waals surface area contributed by atoms with Gasteiger partial charge < -0.3 is 5.73 Å². The molecule has 0 fully saturated rings. The van der Waals surface area contributed by atoms with Crippen LogP contribution in [0.2, 0.25) is 0 Å². The van der Waals surface area contributed by atoms with Crippen LogP contribution in [0.15, 0.2) is 21.7 Å². The Morgan fingerprint density at radius 1 is 1.39 bits per heavy atom. The van der Waals surface area contributed by atoms with E-state index < -0.39 is 10.0 Å². The molecule has 98 valence electrons. The van der Waals surface area contributed by atoms with Crippen molar-refractivity contribution in [2.75, 3.05) is 0 Å². The number of aryl methyl sites for hydroxylation is 1. The van der Waals surface area contributed by atoms with E-state index in [2.05, 4.69) is 9.71 Å². The number of thiazole rings is 1. The van der Waals surface area contributed by atoms with Gasteiger partial charge in [0.1, 0.15) is 5.01 Å². The summed E-state index contributed by atoms with van der Waals surface area (Å²) in [5.74, 6) is 0. The maximum Gasteiger partial charge on any atom is 0.241 e. The lowest BCUT2D eigenvalue weighted by Crippen LogP contribution is -2.22. The van der Waals surface area contributed by atoms with Crippen LogP contribution in [0.5, 0.6) is 0 Å². The molecule has 0 atom stereocenters. The van der Waals surface area contributed by atoms with Crippen molar-refractivity contribution in [3.63, 3.8) is 0 Å². The third-order valence-corrected chi connectivity index (χ3v) is 5.68. The van der Waals surface area contributed by atoms with Gasteiger partial charge in [-0.15, -0.1) is 22.7 Å². The van der Waals surface area contributed by atoms with Gasteiger partial charge in [-0.25, -0.2) is 18.1 Å². The van der Waals surface area contributed by atoms with E-state index in [9.17, 15) is 8.42 Å². The van der Waals surface area contributed by atoms with Crippen LogP contribution < -0.4 is 10.5 Å². The minimum atomic E-state index is -3.47. The van der Waals surface area contributed by atoms with Gasteiger partial charge in [0.2, 0.25) is 10.0 Å². The van der Waals surface area contributed by atoms with Crippen molar-refractivity contribution >= 4 is 32.7 Å². The van der Waals surface area contributed by atoms with Crippen molar-refractivity contribution in [3.8, 4) is 0 Å². The molecule has 0 spiro atoms. The first-order chi connectivity index (χ1) is 8.51. The molecule has 2 aromatic heterocycles. The van der Waals surface area contributed by atoms with E-state index in [4.69, 9.17) is 5.73 Å². The summed E-state index contributed by atoms with van der Waals surface area (Å²) in [6.45, 7) is 2.45. The zero-order valence-electron chi connectivity index (χ0n) is 9.71. The molecule has 0 aliphatic carbocycles. The summed E-state index contributed by atoms with van der Waals surface area (Å²) < 4.78 is 26.5. The van der Waals surface area contributed by atoms with Gasteiger partial charge >= 0.3 is 0 Å². The summed E-state index contributed by atoms with van der Waals surface area (Å²) in [5.41, 5.74) is 6.36. The van der Waals surface area contributed by atoms with E-state index in [0.29, 0.717) is 6.54 Å². The molecule has 0 unspecified atom stereocenters. The average molecular weight is 303 g/mol. The summed E-state index contributed by atoms with van der Waals surface area (Å²) >= 11 is 2.78. The molecule has 0 radical (unpaired) electrons. The number of thiophene rings is 1. The van der Waals surface area contributed by atoms with Crippen LogP contribution in [0.3, 0.4) is 0 Å². The lowest BCUT2D eigenvalue weighted by atomic mass is 10.5. The second kappa shape index (κ2) is 5.45. The van der Waals surface area contributed by atoms with Crippen LogP contribution in [-0.4, -0.2) is 13.4 Å². The molecule has 0 amide bonds. The first-order valence-electron chi connectivity index (χ1n) is 5.19. The lowest BCUT2D eigenvalue weighted by Gasteiger charge is -2.02. The predicted molar refractivity (Wildman–Crippen MR) is 73.1 cm³/mol. The van der Waals surface area contributed by atoms with Gasteiger partial charge in [0.15, 0.2) is 0 Å². The molecule has 0 aliphatic rings. The maximum absolute atomic E-state index is 12.0. The molecule has 3 N–H and O–H groups in total. The van der Waals surface area contributed by atoms with Crippen LogP contribution in [0.25, 0.3) is 0 Å². The number of rotatable bonds is 5. The molecule has 8 heteroatoms. The highest BCUT2D eigenvalue weighted by atomic mass is 32.2. The van der Waals surface area contributed by atoms with Gasteiger partial charge in [0.25, 0.3) is 0 Å². The Bertz CT molecular complexity index is 630. The second-order valence-corrected chi connectivity index (χ2v) is 7.37. The number of aromatic nitrogens is 1. The molecule has 0 saturated heterocycles. The third kappa shape index (κ3) is 3.15. The molecular weight excluding hydrogens is 290 g/mol. The molecule has 0 saturated carbocycles. The lowest BCUT2D eigenvalue weighted by molar-refractivity contribution is 0.581. The van der Waals surface area contributed by atoms with E-state index in [-0.39, 0.29) is 11.4 Å². The zero-order chi connectivity index (χ0) is 13.2. The van der Waals surface area contributed by atoms with Gasteiger partial charge in [-0.3, -0.25) is 0 Å². The molecule has 2 heterocycles. The minimum Gasteiger partial charge on any atom is -0.326 e. The Labute approximate surface area is 114 Å². The summed E-state index contributed by atoms with van der Waals surface area (Å²) in [6.07, 6.45) is 0. The first kappa shape index (κ1) is 13.6. The van der Waals surface area contributed by atoms with Gasteiger partial charge in [0.05, 0.1) is 11.4 Å². The highest BCUT2D eigenvalue weighted by Gasteiger charge is 2.16. The minimum absolute atomic E-state index is 0.217. The van der Waals surface area contributed by atoms with Crippen LogP contribution in [0.1, 0.15) is 15.6 Å². The van der Waals surface area contributed by atoms with Crippen LogP contribution in [-0.2, 0) is 23.1 Å². The summed E-state index contributed by atoms with van der Waals surface area (Å²) in [7, 11) is -3.47. The van der Waals surface area contributed by atoms with Crippen molar-refractivity contribution in [2.24, 2.45) is 5.73 Å². The van der Waals surface area contributed by atoms with Crippen molar-refractivity contribution in [2.45, 2.75) is 24.9 Å². The Balaban J connectivity index is 2.07. The fourth-order valence-electron chi connectivity index (χ4n) is 1.33. The molecule has 2 rings (SSSR count). The number of hydrogen-bond donors (Lipinski definition) is 2. The van der Waals surface area contributed by atoms with Crippen molar-refractivity contribution < 1.29 is 8.42 Å².